The van der Waals surface area contributed by atoms with E-state index in [9.17, 15) is 4.79 Å². The number of hydrogen-bond acceptors (Lipinski definition) is 2. The number of aromatic nitrogens is 1. The standard InChI is InChI=1S/C22H20Cl2N2O/c1-15(16-2-6-19(23)7-3-16)21(17-4-8-20(24)9-5-17)14-26-22(27)18-10-12-25-13-11-18/h2-13,15,21H,14H2,1H3,(H,26,27). The van der Waals surface area contributed by atoms with E-state index in [-0.39, 0.29) is 17.7 Å². The third-order valence-corrected chi connectivity index (χ3v) is 5.23. The number of rotatable bonds is 6. The third kappa shape index (κ3) is 5.09. The molecule has 138 valence electrons. The molecule has 0 aliphatic rings. The number of carbonyl (C=O) groups excluding carboxylic acids is 1. The summed E-state index contributed by atoms with van der Waals surface area (Å²) in [6.07, 6.45) is 3.23. The Morgan fingerprint density at radius 3 is 1.96 bits per heavy atom. The second-order valence-electron chi connectivity index (χ2n) is 6.44. The number of nitrogens with one attached hydrogen (secondary N) is 1. The predicted octanol–water partition coefficient (Wildman–Crippen LogP) is 5.71. The van der Waals surface area contributed by atoms with Crippen molar-refractivity contribution in [1.82, 2.24) is 10.3 Å². The molecule has 1 aromatic heterocycles. The van der Waals surface area contributed by atoms with Gasteiger partial charge in [0.25, 0.3) is 5.91 Å². The van der Waals surface area contributed by atoms with Gasteiger partial charge in [-0.25, -0.2) is 0 Å². The molecule has 0 aliphatic carbocycles. The zero-order valence-electron chi connectivity index (χ0n) is 14.9. The lowest BCUT2D eigenvalue weighted by atomic mass is 9.82. The lowest BCUT2D eigenvalue weighted by molar-refractivity contribution is 0.0950. The van der Waals surface area contributed by atoms with E-state index in [0.29, 0.717) is 22.2 Å². The molecule has 3 rings (SSSR count). The number of amides is 1. The molecule has 1 N–H and O–H groups in total. The van der Waals surface area contributed by atoms with Crippen molar-refractivity contribution >= 4 is 29.1 Å². The lowest BCUT2D eigenvalue weighted by Gasteiger charge is -2.25. The molecular weight excluding hydrogens is 379 g/mol. The van der Waals surface area contributed by atoms with Crippen LogP contribution in [0, 0.1) is 0 Å². The average molecular weight is 399 g/mol. The van der Waals surface area contributed by atoms with Gasteiger partial charge in [-0.05, 0) is 53.4 Å². The van der Waals surface area contributed by atoms with Crippen LogP contribution in [0.25, 0.3) is 0 Å². The summed E-state index contributed by atoms with van der Waals surface area (Å²) in [5, 5.41) is 4.45. The molecule has 2 aromatic carbocycles. The monoisotopic (exact) mass is 398 g/mol. The number of benzene rings is 2. The third-order valence-electron chi connectivity index (χ3n) is 4.72. The molecular formula is C22H20Cl2N2O. The van der Waals surface area contributed by atoms with Crippen LogP contribution < -0.4 is 5.32 Å². The van der Waals surface area contributed by atoms with Gasteiger partial charge >= 0.3 is 0 Å². The summed E-state index contributed by atoms with van der Waals surface area (Å²) in [6.45, 7) is 2.66. The molecule has 0 saturated heterocycles. The molecule has 5 heteroatoms. The number of hydrogen-bond donors (Lipinski definition) is 1. The number of pyridine rings is 1. The predicted molar refractivity (Wildman–Crippen MR) is 111 cm³/mol. The van der Waals surface area contributed by atoms with Gasteiger partial charge in [0.05, 0.1) is 0 Å². The molecule has 0 radical (unpaired) electrons. The lowest BCUT2D eigenvalue weighted by Crippen LogP contribution is -2.30. The summed E-state index contributed by atoms with van der Waals surface area (Å²) in [5.41, 5.74) is 2.88. The summed E-state index contributed by atoms with van der Waals surface area (Å²) in [5.74, 6) is 0.162. The van der Waals surface area contributed by atoms with Gasteiger partial charge < -0.3 is 5.32 Å². The molecule has 1 amide bonds. The SMILES string of the molecule is CC(c1ccc(Cl)cc1)C(CNC(=O)c1ccncc1)c1ccc(Cl)cc1. The first-order valence-electron chi connectivity index (χ1n) is 8.74. The van der Waals surface area contributed by atoms with Gasteiger partial charge in [0.1, 0.15) is 0 Å². The van der Waals surface area contributed by atoms with Crippen molar-refractivity contribution in [2.45, 2.75) is 18.8 Å². The molecule has 0 fully saturated rings. The number of carbonyl (C=O) groups is 1. The highest BCUT2D eigenvalue weighted by Gasteiger charge is 2.22. The largest absolute Gasteiger partial charge is 0.351 e. The Hall–Kier alpha value is -2.36. The maximum atomic E-state index is 12.5. The van der Waals surface area contributed by atoms with Gasteiger partial charge in [0.2, 0.25) is 0 Å². The maximum Gasteiger partial charge on any atom is 0.251 e. The van der Waals surface area contributed by atoms with Gasteiger partial charge in [-0.15, -0.1) is 0 Å². The van der Waals surface area contributed by atoms with E-state index in [1.165, 1.54) is 0 Å². The van der Waals surface area contributed by atoms with E-state index in [4.69, 9.17) is 23.2 Å². The zero-order chi connectivity index (χ0) is 19.2. The van der Waals surface area contributed by atoms with Crippen LogP contribution >= 0.6 is 23.2 Å². The van der Waals surface area contributed by atoms with Crippen LogP contribution in [0.2, 0.25) is 10.0 Å². The second kappa shape index (κ2) is 9.03. The van der Waals surface area contributed by atoms with E-state index in [2.05, 4.69) is 17.2 Å². The summed E-state index contributed by atoms with van der Waals surface area (Å²) >= 11 is 12.1. The minimum absolute atomic E-state index is 0.0919. The highest BCUT2D eigenvalue weighted by atomic mass is 35.5. The van der Waals surface area contributed by atoms with Crippen molar-refractivity contribution in [3.8, 4) is 0 Å². The van der Waals surface area contributed by atoms with Gasteiger partial charge in [0.15, 0.2) is 0 Å². The number of nitrogens with zero attached hydrogens (tertiary/aromatic N) is 1. The Labute approximate surface area is 169 Å². The van der Waals surface area contributed by atoms with Crippen molar-refractivity contribution < 1.29 is 4.79 Å². The van der Waals surface area contributed by atoms with Crippen molar-refractivity contribution in [1.29, 1.82) is 0 Å². The normalized spacial score (nSPS) is 13.0. The molecule has 0 bridgehead atoms. The fourth-order valence-electron chi connectivity index (χ4n) is 3.10. The Kier molecular flexibility index (Phi) is 6.49. The summed E-state index contributed by atoms with van der Waals surface area (Å²) in [6, 6.07) is 19.0. The first kappa shape index (κ1) is 19.4. The molecule has 0 spiro atoms. The summed E-state index contributed by atoms with van der Waals surface area (Å²) in [4.78, 5) is 16.4. The molecule has 3 nitrogen and oxygen atoms in total. The van der Waals surface area contributed by atoms with E-state index >= 15 is 0 Å². The van der Waals surface area contributed by atoms with Gasteiger partial charge in [0, 0.05) is 40.5 Å². The summed E-state index contributed by atoms with van der Waals surface area (Å²) < 4.78 is 0. The van der Waals surface area contributed by atoms with Crippen LogP contribution in [0.3, 0.4) is 0 Å². The van der Waals surface area contributed by atoms with Gasteiger partial charge in [-0.3, -0.25) is 9.78 Å². The smallest absolute Gasteiger partial charge is 0.251 e. The molecule has 27 heavy (non-hydrogen) atoms. The molecule has 0 aliphatic heterocycles. The first-order valence-corrected chi connectivity index (χ1v) is 9.49. The molecule has 2 unspecified atom stereocenters. The maximum absolute atomic E-state index is 12.5. The van der Waals surface area contributed by atoms with Crippen LogP contribution in [0.4, 0.5) is 0 Å². The van der Waals surface area contributed by atoms with Gasteiger partial charge in [-0.2, -0.15) is 0 Å². The Morgan fingerprint density at radius 1 is 0.889 bits per heavy atom. The Morgan fingerprint density at radius 2 is 1.41 bits per heavy atom. The van der Waals surface area contributed by atoms with Crippen LogP contribution in [0.5, 0.6) is 0 Å². The topological polar surface area (TPSA) is 42.0 Å². The van der Waals surface area contributed by atoms with E-state index in [1.807, 2.05) is 48.5 Å². The van der Waals surface area contributed by atoms with Crippen LogP contribution in [0.15, 0.2) is 73.1 Å². The fourth-order valence-corrected chi connectivity index (χ4v) is 3.35. The Balaban J connectivity index is 1.82. The molecule has 3 aromatic rings. The highest BCUT2D eigenvalue weighted by Crippen LogP contribution is 2.33. The summed E-state index contributed by atoms with van der Waals surface area (Å²) in [7, 11) is 0. The van der Waals surface area contributed by atoms with Crippen LogP contribution in [-0.2, 0) is 0 Å². The molecule has 0 saturated carbocycles. The van der Waals surface area contributed by atoms with E-state index in [1.54, 1.807) is 24.5 Å². The van der Waals surface area contributed by atoms with Crippen molar-refractivity contribution in [2.75, 3.05) is 6.54 Å². The first-order chi connectivity index (χ1) is 13.0. The minimum Gasteiger partial charge on any atom is -0.351 e. The fraction of sp³-hybridized carbons (Fsp3) is 0.182. The second-order valence-corrected chi connectivity index (χ2v) is 7.32. The van der Waals surface area contributed by atoms with Crippen LogP contribution in [0.1, 0.15) is 40.2 Å². The molecule has 1 heterocycles. The van der Waals surface area contributed by atoms with E-state index in [0.717, 1.165) is 11.1 Å². The highest BCUT2D eigenvalue weighted by molar-refractivity contribution is 6.30. The number of halogens is 2. The van der Waals surface area contributed by atoms with Crippen LogP contribution in [-0.4, -0.2) is 17.4 Å². The molecule has 2 atom stereocenters. The van der Waals surface area contributed by atoms with Crippen molar-refractivity contribution in [3.63, 3.8) is 0 Å². The van der Waals surface area contributed by atoms with Crippen molar-refractivity contribution in [2.24, 2.45) is 0 Å². The quantitative estimate of drug-likeness (QED) is 0.577. The minimum atomic E-state index is -0.111. The Bertz CT molecular complexity index is 880. The van der Waals surface area contributed by atoms with Crippen molar-refractivity contribution in [3.05, 3.63) is 99.8 Å². The van der Waals surface area contributed by atoms with E-state index < -0.39 is 0 Å². The zero-order valence-corrected chi connectivity index (χ0v) is 16.4. The average Bonchev–Trinajstić information content (AvgIpc) is 2.70. The van der Waals surface area contributed by atoms with Gasteiger partial charge in [-0.1, -0.05) is 54.4 Å².